The maximum atomic E-state index is 11.9. The molecule has 3 rings (SSSR count). The van der Waals surface area contributed by atoms with Crippen molar-refractivity contribution in [1.29, 1.82) is 0 Å². The first-order valence-corrected chi connectivity index (χ1v) is 7.32. The van der Waals surface area contributed by atoms with E-state index in [4.69, 9.17) is 9.47 Å². The summed E-state index contributed by atoms with van der Waals surface area (Å²) in [5.41, 5.74) is 1.64. The zero-order valence-corrected chi connectivity index (χ0v) is 12.8. The van der Waals surface area contributed by atoms with E-state index in [0.29, 0.717) is 5.75 Å². The van der Waals surface area contributed by atoms with Crippen molar-refractivity contribution in [3.05, 3.63) is 54.1 Å². The first kappa shape index (κ1) is 14.4. The Balaban J connectivity index is 1.63. The monoisotopic (exact) mass is 297 g/mol. The summed E-state index contributed by atoms with van der Waals surface area (Å²) < 4.78 is 11.6. The van der Waals surface area contributed by atoms with E-state index < -0.39 is 0 Å². The van der Waals surface area contributed by atoms with E-state index in [1.54, 1.807) is 0 Å². The zero-order chi connectivity index (χ0) is 15.6. The lowest BCUT2D eigenvalue weighted by Crippen LogP contribution is -2.25. The molecule has 0 spiro atoms. The number of carbonyl (C=O) groups is 1. The molecule has 0 atom stereocenters. The molecule has 2 aromatic rings. The molecule has 0 unspecified atom stereocenters. The minimum Gasteiger partial charge on any atom is -0.483 e. The molecule has 1 N–H and O–H groups in total. The van der Waals surface area contributed by atoms with Gasteiger partial charge in [0, 0.05) is 17.7 Å². The van der Waals surface area contributed by atoms with Crippen molar-refractivity contribution in [2.45, 2.75) is 25.9 Å². The third-order valence-corrected chi connectivity index (χ3v) is 3.47. The Hall–Kier alpha value is -2.49. The summed E-state index contributed by atoms with van der Waals surface area (Å²) in [6.07, 6.45) is 0.843. The molecule has 0 bridgehead atoms. The van der Waals surface area contributed by atoms with E-state index in [9.17, 15) is 4.79 Å². The molecule has 22 heavy (non-hydrogen) atoms. The third-order valence-electron chi connectivity index (χ3n) is 3.47. The predicted octanol–water partition coefficient (Wildman–Crippen LogP) is 3.42. The number of carbonyl (C=O) groups excluding carboxylic acids is 1. The highest BCUT2D eigenvalue weighted by Gasteiger charge is 2.32. The van der Waals surface area contributed by atoms with Crippen LogP contribution in [0.15, 0.2) is 48.5 Å². The smallest absolute Gasteiger partial charge is 0.262 e. The van der Waals surface area contributed by atoms with Gasteiger partial charge in [-0.15, -0.1) is 0 Å². The number of rotatable bonds is 4. The molecule has 1 amide bonds. The van der Waals surface area contributed by atoms with Crippen LogP contribution in [-0.4, -0.2) is 18.1 Å². The quantitative estimate of drug-likeness (QED) is 0.940. The molecule has 0 saturated heterocycles. The molecule has 0 aromatic heterocycles. The van der Waals surface area contributed by atoms with Crippen LogP contribution in [0.5, 0.6) is 11.5 Å². The van der Waals surface area contributed by atoms with E-state index in [-0.39, 0.29) is 18.1 Å². The number of benzene rings is 2. The Bertz CT molecular complexity index is 680. The molecule has 4 nitrogen and oxygen atoms in total. The molecule has 1 aliphatic heterocycles. The number of fused-ring (bicyclic) bond motifs is 1. The topological polar surface area (TPSA) is 47.6 Å². The Kier molecular flexibility index (Phi) is 3.75. The van der Waals surface area contributed by atoms with Crippen LogP contribution in [0, 0.1) is 0 Å². The van der Waals surface area contributed by atoms with Crippen LogP contribution in [0.2, 0.25) is 0 Å². The first-order chi connectivity index (χ1) is 10.5. The van der Waals surface area contributed by atoms with E-state index in [2.05, 4.69) is 5.32 Å². The second-order valence-electron chi connectivity index (χ2n) is 5.99. The van der Waals surface area contributed by atoms with Crippen LogP contribution in [0.25, 0.3) is 0 Å². The van der Waals surface area contributed by atoms with Crippen LogP contribution in [0.3, 0.4) is 0 Å². The SMILES string of the molecule is CC1(C)Cc2cccc(OCC(=O)Nc3ccccc3)c2O1. The molecule has 0 fully saturated rings. The molecular weight excluding hydrogens is 278 g/mol. The van der Waals surface area contributed by atoms with Crippen molar-refractivity contribution in [3.63, 3.8) is 0 Å². The molecule has 114 valence electrons. The molecule has 0 saturated carbocycles. The van der Waals surface area contributed by atoms with Gasteiger partial charge in [-0.05, 0) is 32.0 Å². The first-order valence-electron chi connectivity index (χ1n) is 7.32. The van der Waals surface area contributed by atoms with Gasteiger partial charge in [-0.3, -0.25) is 4.79 Å². The summed E-state index contributed by atoms with van der Waals surface area (Å²) in [7, 11) is 0. The Morgan fingerprint density at radius 1 is 1.18 bits per heavy atom. The summed E-state index contributed by atoms with van der Waals surface area (Å²) in [4.78, 5) is 11.9. The molecule has 4 heteroatoms. The van der Waals surface area contributed by atoms with Crippen molar-refractivity contribution in [2.24, 2.45) is 0 Å². The molecular formula is C18H19NO3. The van der Waals surface area contributed by atoms with E-state index >= 15 is 0 Å². The lowest BCUT2D eigenvalue weighted by Gasteiger charge is -2.18. The Morgan fingerprint density at radius 2 is 1.95 bits per heavy atom. The molecule has 1 heterocycles. The lowest BCUT2D eigenvalue weighted by atomic mass is 10.0. The molecule has 2 aromatic carbocycles. The maximum Gasteiger partial charge on any atom is 0.262 e. The number of anilines is 1. The zero-order valence-electron chi connectivity index (χ0n) is 12.8. The number of para-hydroxylation sites is 2. The van der Waals surface area contributed by atoms with E-state index in [1.807, 2.05) is 62.4 Å². The fraction of sp³-hybridized carbons (Fsp3) is 0.278. The summed E-state index contributed by atoms with van der Waals surface area (Å²) in [6, 6.07) is 15.1. The number of hydrogen-bond donors (Lipinski definition) is 1. The van der Waals surface area contributed by atoms with Crippen LogP contribution in [-0.2, 0) is 11.2 Å². The van der Waals surface area contributed by atoms with Crippen molar-refractivity contribution in [1.82, 2.24) is 0 Å². The third kappa shape index (κ3) is 3.22. The Morgan fingerprint density at radius 3 is 2.73 bits per heavy atom. The maximum absolute atomic E-state index is 11.9. The highest BCUT2D eigenvalue weighted by molar-refractivity contribution is 5.91. The van der Waals surface area contributed by atoms with Gasteiger partial charge in [-0.1, -0.05) is 30.3 Å². The van der Waals surface area contributed by atoms with Gasteiger partial charge >= 0.3 is 0 Å². The highest BCUT2D eigenvalue weighted by Crippen LogP contribution is 2.41. The van der Waals surface area contributed by atoms with Crippen LogP contribution in [0.4, 0.5) is 5.69 Å². The predicted molar refractivity (Wildman–Crippen MR) is 85.4 cm³/mol. The number of hydrogen-bond acceptors (Lipinski definition) is 3. The van der Waals surface area contributed by atoms with Gasteiger partial charge in [0.1, 0.15) is 5.60 Å². The fourth-order valence-electron chi connectivity index (χ4n) is 2.56. The van der Waals surface area contributed by atoms with Crippen LogP contribution in [0.1, 0.15) is 19.4 Å². The van der Waals surface area contributed by atoms with Crippen molar-refractivity contribution < 1.29 is 14.3 Å². The number of amides is 1. The number of nitrogens with one attached hydrogen (secondary N) is 1. The van der Waals surface area contributed by atoms with Crippen LogP contribution >= 0.6 is 0 Å². The fourth-order valence-corrected chi connectivity index (χ4v) is 2.56. The summed E-state index contributed by atoms with van der Waals surface area (Å²) in [5, 5.41) is 2.79. The van der Waals surface area contributed by atoms with Gasteiger partial charge in [0.15, 0.2) is 18.1 Å². The normalized spacial score (nSPS) is 14.8. The minimum atomic E-state index is -0.228. The highest BCUT2D eigenvalue weighted by atomic mass is 16.5. The van der Waals surface area contributed by atoms with Gasteiger partial charge in [0.05, 0.1) is 0 Å². The van der Waals surface area contributed by atoms with Gasteiger partial charge < -0.3 is 14.8 Å². The van der Waals surface area contributed by atoms with Crippen molar-refractivity contribution >= 4 is 11.6 Å². The van der Waals surface area contributed by atoms with Crippen molar-refractivity contribution in [3.8, 4) is 11.5 Å². The van der Waals surface area contributed by atoms with Gasteiger partial charge in [0.25, 0.3) is 5.91 Å². The average Bonchev–Trinajstić information content (AvgIpc) is 2.80. The summed E-state index contributed by atoms with van der Waals surface area (Å²) >= 11 is 0. The largest absolute Gasteiger partial charge is 0.483 e. The summed E-state index contributed by atoms with van der Waals surface area (Å²) in [5.74, 6) is 1.17. The van der Waals surface area contributed by atoms with E-state index in [0.717, 1.165) is 23.4 Å². The standard InChI is InChI=1S/C18H19NO3/c1-18(2)11-13-7-6-10-15(17(13)22-18)21-12-16(20)19-14-8-4-3-5-9-14/h3-10H,11-12H2,1-2H3,(H,19,20). The lowest BCUT2D eigenvalue weighted by molar-refractivity contribution is -0.118. The Labute approximate surface area is 130 Å². The minimum absolute atomic E-state index is 0.0465. The average molecular weight is 297 g/mol. The second kappa shape index (κ2) is 5.72. The molecule has 1 aliphatic rings. The van der Waals surface area contributed by atoms with Gasteiger partial charge in [0.2, 0.25) is 0 Å². The second-order valence-corrected chi connectivity index (χ2v) is 5.99. The van der Waals surface area contributed by atoms with E-state index in [1.165, 1.54) is 0 Å². The van der Waals surface area contributed by atoms with Crippen LogP contribution < -0.4 is 14.8 Å². The number of ether oxygens (including phenoxy) is 2. The summed E-state index contributed by atoms with van der Waals surface area (Å²) in [6.45, 7) is 4.03. The van der Waals surface area contributed by atoms with Gasteiger partial charge in [-0.25, -0.2) is 0 Å². The van der Waals surface area contributed by atoms with Gasteiger partial charge in [-0.2, -0.15) is 0 Å². The molecule has 0 radical (unpaired) electrons. The molecule has 0 aliphatic carbocycles. The van der Waals surface area contributed by atoms with Crippen molar-refractivity contribution in [2.75, 3.05) is 11.9 Å².